The fourth-order valence-electron chi connectivity index (χ4n) is 3.53. The van der Waals surface area contributed by atoms with Crippen LogP contribution in [0, 0.1) is 0 Å². The standard InChI is InChI=1S/C17H21N5O3S/c23-17(11-21-13-18-12-19-21)20-8-5-14-9-16(4-3-15(14)10-20)26(24,25)22-6-1-2-7-22/h3-4,9,12-13H,1-2,5-8,10-11H2. The van der Waals surface area contributed by atoms with Gasteiger partial charge < -0.3 is 4.90 Å². The van der Waals surface area contributed by atoms with Crippen LogP contribution < -0.4 is 0 Å². The molecule has 3 heterocycles. The highest BCUT2D eigenvalue weighted by atomic mass is 32.2. The summed E-state index contributed by atoms with van der Waals surface area (Å²) in [5, 5.41) is 3.96. The Kier molecular flexibility index (Phi) is 4.49. The second-order valence-electron chi connectivity index (χ2n) is 6.70. The molecule has 2 aliphatic heterocycles. The molecule has 0 radical (unpaired) electrons. The van der Waals surface area contributed by atoms with Crippen LogP contribution in [0.4, 0.5) is 0 Å². The summed E-state index contributed by atoms with van der Waals surface area (Å²) in [6, 6.07) is 5.29. The van der Waals surface area contributed by atoms with Crippen molar-refractivity contribution in [3.8, 4) is 0 Å². The number of benzene rings is 1. The van der Waals surface area contributed by atoms with E-state index < -0.39 is 10.0 Å². The molecular weight excluding hydrogens is 354 g/mol. The van der Waals surface area contributed by atoms with Gasteiger partial charge in [0.1, 0.15) is 19.2 Å². The Labute approximate surface area is 152 Å². The van der Waals surface area contributed by atoms with Crippen molar-refractivity contribution >= 4 is 15.9 Å². The topological polar surface area (TPSA) is 88.4 Å². The molecule has 1 fully saturated rings. The molecule has 0 saturated carbocycles. The number of nitrogens with zero attached hydrogens (tertiary/aromatic N) is 5. The van der Waals surface area contributed by atoms with Crippen LogP contribution in [0.5, 0.6) is 0 Å². The van der Waals surface area contributed by atoms with E-state index in [-0.39, 0.29) is 12.5 Å². The normalized spacial score (nSPS) is 18.1. The second-order valence-corrected chi connectivity index (χ2v) is 8.64. The van der Waals surface area contributed by atoms with E-state index in [9.17, 15) is 13.2 Å². The van der Waals surface area contributed by atoms with Crippen LogP contribution in [0.2, 0.25) is 0 Å². The van der Waals surface area contributed by atoms with E-state index in [1.54, 1.807) is 21.3 Å². The maximum absolute atomic E-state index is 12.7. The third-order valence-electron chi connectivity index (χ3n) is 5.01. The molecule has 26 heavy (non-hydrogen) atoms. The highest BCUT2D eigenvalue weighted by Gasteiger charge is 2.29. The maximum atomic E-state index is 12.7. The average Bonchev–Trinajstić information content (AvgIpc) is 3.34. The van der Waals surface area contributed by atoms with Crippen LogP contribution in [-0.4, -0.2) is 57.9 Å². The Morgan fingerprint density at radius 3 is 2.65 bits per heavy atom. The van der Waals surface area contributed by atoms with Gasteiger partial charge in [-0.25, -0.2) is 18.1 Å². The van der Waals surface area contributed by atoms with Gasteiger partial charge in [0.15, 0.2) is 0 Å². The summed E-state index contributed by atoms with van der Waals surface area (Å²) < 4.78 is 28.5. The molecule has 0 spiro atoms. The van der Waals surface area contributed by atoms with Gasteiger partial charge in [0.05, 0.1) is 4.90 Å². The summed E-state index contributed by atoms with van der Waals surface area (Å²) >= 11 is 0. The number of carbonyl (C=O) groups is 1. The minimum atomic E-state index is -3.40. The van der Waals surface area contributed by atoms with Crippen LogP contribution in [-0.2, 0) is 34.3 Å². The van der Waals surface area contributed by atoms with Crippen molar-refractivity contribution in [1.82, 2.24) is 24.0 Å². The Morgan fingerprint density at radius 2 is 1.92 bits per heavy atom. The Bertz CT molecular complexity index is 904. The number of sulfonamides is 1. The predicted molar refractivity (Wildman–Crippen MR) is 93.6 cm³/mol. The van der Waals surface area contributed by atoms with Crippen molar-refractivity contribution in [3.05, 3.63) is 42.0 Å². The lowest BCUT2D eigenvalue weighted by Crippen LogP contribution is -2.38. The summed E-state index contributed by atoms with van der Waals surface area (Å²) in [5.74, 6) is -0.0186. The van der Waals surface area contributed by atoms with Gasteiger partial charge in [-0.3, -0.25) is 4.79 Å². The molecule has 1 saturated heterocycles. The Hall–Kier alpha value is -2.26. The number of fused-ring (bicyclic) bond motifs is 1. The van der Waals surface area contributed by atoms with E-state index in [0.717, 1.165) is 24.0 Å². The van der Waals surface area contributed by atoms with Crippen LogP contribution in [0.3, 0.4) is 0 Å². The quantitative estimate of drug-likeness (QED) is 0.783. The third kappa shape index (κ3) is 3.24. The molecule has 138 valence electrons. The monoisotopic (exact) mass is 375 g/mol. The number of amides is 1. The third-order valence-corrected chi connectivity index (χ3v) is 6.90. The first-order valence-electron chi connectivity index (χ1n) is 8.76. The van der Waals surface area contributed by atoms with Gasteiger partial charge >= 0.3 is 0 Å². The fraction of sp³-hybridized carbons (Fsp3) is 0.471. The lowest BCUT2D eigenvalue weighted by molar-refractivity contribution is -0.133. The smallest absolute Gasteiger partial charge is 0.244 e. The molecule has 1 aromatic carbocycles. The molecule has 0 aliphatic carbocycles. The molecule has 4 rings (SSSR count). The first-order valence-corrected chi connectivity index (χ1v) is 10.2. The maximum Gasteiger partial charge on any atom is 0.244 e. The first kappa shape index (κ1) is 17.2. The van der Waals surface area contributed by atoms with E-state index >= 15 is 0 Å². The van der Waals surface area contributed by atoms with Gasteiger partial charge in [0.2, 0.25) is 15.9 Å². The molecule has 0 bridgehead atoms. The molecule has 1 amide bonds. The van der Waals surface area contributed by atoms with Crippen molar-refractivity contribution in [2.24, 2.45) is 0 Å². The van der Waals surface area contributed by atoms with Crippen LogP contribution in [0.15, 0.2) is 35.7 Å². The molecule has 2 aromatic rings. The van der Waals surface area contributed by atoms with E-state index in [1.165, 1.54) is 17.3 Å². The summed E-state index contributed by atoms with van der Waals surface area (Å²) in [5.41, 5.74) is 2.01. The van der Waals surface area contributed by atoms with Crippen LogP contribution in [0.25, 0.3) is 0 Å². The average molecular weight is 375 g/mol. The zero-order valence-electron chi connectivity index (χ0n) is 14.4. The number of rotatable bonds is 4. The number of aromatic nitrogens is 3. The van der Waals surface area contributed by atoms with Crippen molar-refractivity contribution in [2.45, 2.75) is 37.2 Å². The number of hydrogen-bond donors (Lipinski definition) is 0. The summed E-state index contributed by atoms with van der Waals surface area (Å²) in [6.45, 7) is 2.44. The van der Waals surface area contributed by atoms with E-state index in [1.807, 2.05) is 6.07 Å². The molecule has 9 heteroatoms. The SMILES string of the molecule is O=C(Cn1cncn1)N1CCc2cc(S(=O)(=O)N3CCCC3)ccc2C1. The van der Waals surface area contributed by atoms with E-state index in [0.29, 0.717) is 37.5 Å². The predicted octanol–water partition coefficient (Wildman–Crippen LogP) is 0.648. The van der Waals surface area contributed by atoms with Gasteiger partial charge in [0.25, 0.3) is 0 Å². The van der Waals surface area contributed by atoms with Crippen molar-refractivity contribution in [2.75, 3.05) is 19.6 Å². The van der Waals surface area contributed by atoms with Crippen molar-refractivity contribution in [1.29, 1.82) is 0 Å². The molecule has 2 aliphatic rings. The Morgan fingerprint density at radius 1 is 1.12 bits per heavy atom. The lowest BCUT2D eigenvalue weighted by atomic mass is 10.00. The zero-order valence-corrected chi connectivity index (χ0v) is 15.2. The van der Waals surface area contributed by atoms with Gasteiger partial charge in [-0.2, -0.15) is 9.40 Å². The van der Waals surface area contributed by atoms with E-state index in [2.05, 4.69) is 10.1 Å². The van der Waals surface area contributed by atoms with Gasteiger partial charge in [-0.15, -0.1) is 0 Å². The summed E-state index contributed by atoms with van der Waals surface area (Å²) in [6.07, 6.45) is 5.42. The van der Waals surface area contributed by atoms with Gasteiger partial charge in [0, 0.05) is 26.2 Å². The minimum Gasteiger partial charge on any atom is -0.336 e. The molecule has 0 N–H and O–H groups in total. The second kappa shape index (κ2) is 6.81. The van der Waals surface area contributed by atoms with Crippen LogP contribution >= 0.6 is 0 Å². The molecule has 1 aromatic heterocycles. The summed E-state index contributed by atoms with van der Waals surface area (Å²) in [7, 11) is -3.40. The fourth-order valence-corrected chi connectivity index (χ4v) is 5.10. The van der Waals surface area contributed by atoms with Gasteiger partial charge in [-0.05, 0) is 42.5 Å². The molecule has 0 unspecified atom stereocenters. The van der Waals surface area contributed by atoms with Crippen LogP contribution in [0.1, 0.15) is 24.0 Å². The first-order chi connectivity index (χ1) is 12.5. The van der Waals surface area contributed by atoms with Crippen molar-refractivity contribution < 1.29 is 13.2 Å². The minimum absolute atomic E-state index is 0.0186. The largest absolute Gasteiger partial charge is 0.336 e. The highest BCUT2D eigenvalue weighted by molar-refractivity contribution is 7.89. The highest BCUT2D eigenvalue weighted by Crippen LogP contribution is 2.26. The number of hydrogen-bond acceptors (Lipinski definition) is 5. The summed E-state index contributed by atoms with van der Waals surface area (Å²) in [4.78, 5) is 18.4. The molecule has 0 atom stereocenters. The molecule has 8 nitrogen and oxygen atoms in total. The Balaban J connectivity index is 1.50. The zero-order chi connectivity index (χ0) is 18.1. The number of carbonyl (C=O) groups excluding carboxylic acids is 1. The van der Waals surface area contributed by atoms with Crippen molar-refractivity contribution in [3.63, 3.8) is 0 Å². The lowest BCUT2D eigenvalue weighted by Gasteiger charge is -2.29. The molecular formula is C17H21N5O3S. The van der Waals surface area contributed by atoms with Gasteiger partial charge in [-0.1, -0.05) is 6.07 Å². The van der Waals surface area contributed by atoms with E-state index in [4.69, 9.17) is 0 Å².